The molecule has 2 aromatic carbocycles. The highest BCUT2D eigenvalue weighted by molar-refractivity contribution is 7.21. The molecule has 0 bridgehead atoms. The Morgan fingerprint density at radius 2 is 2.09 bits per heavy atom. The SMILES string of the molecule is O=C(NC[C@@H]1OC(=O)N2c3ccc(N4CCOCC4=O)cc3OC[C@@H]12)c1cc2cccc(Cl)c2s1. The van der Waals surface area contributed by atoms with Gasteiger partial charge in [-0.05, 0) is 29.7 Å². The minimum atomic E-state index is -0.571. The van der Waals surface area contributed by atoms with Crippen molar-refractivity contribution in [3.05, 3.63) is 52.4 Å². The lowest BCUT2D eigenvalue weighted by atomic mass is 10.1. The molecule has 0 aliphatic carbocycles. The van der Waals surface area contributed by atoms with E-state index in [1.807, 2.05) is 12.1 Å². The summed E-state index contributed by atoms with van der Waals surface area (Å²) in [5.41, 5.74) is 1.26. The van der Waals surface area contributed by atoms with E-state index in [9.17, 15) is 14.4 Å². The number of carbonyl (C=O) groups is 3. The molecular formula is C24H20ClN3O6S. The summed E-state index contributed by atoms with van der Waals surface area (Å²) < 4.78 is 17.6. The molecule has 0 unspecified atom stereocenters. The first-order valence-electron chi connectivity index (χ1n) is 11.1. The van der Waals surface area contributed by atoms with Crippen molar-refractivity contribution < 1.29 is 28.6 Å². The van der Waals surface area contributed by atoms with E-state index in [0.717, 1.165) is 10.1 Å². The van der Waals surface area contributed by atoms with Gasteiger partial charge in [0, 0.05) is 18.3 Å². The Morgan fingerprint density at radius 3 is 2.91 bits per heavy atom. The van der Waals surface area contributed by atoms with Crippen LogP contribution in [0.3, 0.4) is 0 Å². The van der Waals surface area contributed by atoms with Crippen LogP contribution >= 0.6 is 22.9 Å². The standard InChI is InChI=1S/C24H20ClN3O6S/c25-15-3-1-2-13-8-20(35-22(13)15)23(30)26-10-19-17-11-33-18-9-14(27-6-7-32-12-21(27)29)4-5-16(18)28(17)24(31)34-19/h1-5,8-9,17,19H,6-7,10-12H2,(H,26,30)/t17-,19-/m0/s1. The highest BCUT2D eigenvalue weighted by Gasteiger charge is 2.46. The molecule has 3 amide bonds. The zero-order valence-electron chi connectivity index (χ0n) is 18.4. The van der Waals surface area contributed by atoms with Crippen LogP contribution in [0.4, 0.5) is 16.2 Å². The van der Waals surface area contributed by atoms with Gasteiger partial charge in [-0.25, -0.2) is 4.79 Å². The lowest BCUT2D eigenvalue weighted by molar-refractivity contribution is -0.125. The minimum absolute atomic E-state index is 0.0421. The van der Waals surface area contributed by atoms with Gasteiger partial charge >= 0.3 is 6.09 Å². The van der Waals surface area contributed by atoms with Gasteiger partial charge in [0.2, 0.25) is 0 Å². The second kappa shape index (κ2) is 8.71. The van der Waals surface area contributed by atoms with Crippen molar-refractivity contribution in [1.82, 2.24) is 5.32 Å². The van der Waals surface area contributed by atoms with E-state index in [1.54, 1.807) is 40.1 Å². The number of morpholine rings is 1. The number of amides is 3. The molecular weight excluding hydrogens is 494 g/mol. The van der Waals surface area contributed by atoms with Crippen molar-refractivity contribution in [2.24, 2.45) is 0 Å². The molecule has 2 fully saturated rings. The smallest absolute Gasteiger partial charge is 0.415 e. The summed E-state index contributed by atoms with van der Waals surface area (Å²) in [6.45, 7) is 1.32. The van der Waals surface area contributed by atoms with Gasteiger partial charge in [-0.15, -0.1) is 11.3 Å². The van der Waals surface area contributed by atoms with Crippen molar-refractivity contribution in [3.63, 3.8) is 0 Å². The van der Waals surface area contributed by atoms with Crippen LogP contribution in [0, 0.1) is 0 Å². The van der Waals surface area contributed by atoms with Crippen LogP contribution in [0.2, 0.25) is 5.02 Å². The van der Waals surface area contributed by atoms with Gasteiger partial charge in [-0.3, -0.25) is 14.5 Å². The van der Waals surface area contributed by atoms with Gasteiger partial charge in [0.25, 0.3) is 11.8 Å². The maximum atomic E-state index is 12.8. The van der Waals surface area contributed by atoms with E-state index in [1.165, 1.54) is 11.3 Å². The van der Waals surface area contributed by atoms with Gasteiger partial charge < -0.3 is 24.4 Å². The first-order chi connectivity index (χ1) is 17.0. The molecule has 0 spiro atoms. The van der Waals surface area contributed by atoms with Crippen molar-refractivity contribution in [3.8, 4) is 5.75 Å². The van der Waals surface area contributed by atoms with Crippen molar-refractivity contribution >= 4 is 62.3 Å². The molecule has 1 N–H and O–H groups in total. The summed E-state index contributed by atoms with van der Waals surface area (Å²) in [5, 5.41) is 4.38. The van der Waals surface area contributed by atoms with Gasteiger partial charge in [-0.1, -0.05) is 23.7 Å². The zero-order valence-corrected chi connectivity index (χ0v) is 19.9. The molecule has 1 aromatic heterocycles. The van der Waals surface area contributed by atoms with Gasteiger partial charge in [0.15, 0.2) is 0 Å². The van der Waals surface area contributed by atoms with E-state index in [2.05, 4.69) is 5.32 Å². The van der Waals surface area contributed by atoms with Crippen LogP contribution < -0.4 is 19.9 Å². The van der Waals surface area contributed by atoms with Crippen LogP contribution in [-0.4, -0.2) is 63.0 Å². The predicted molar refractivity (Wildman–Crippen MR) is 131 cm³/mol. The number of thiophene rings is 1. The van der Waals surface area contributed by atoms with Crippen molar-refractivity contribution in [1.29, 1.82) is 0 Å². The topological polar surface area (TPSA) is 97.4 Å². The largest absolute Gasteiger partial charge is 0.489 e. The molecule has 3 aliphatic heterocycles. The van der Waals surface area contributed by atoms with E-state index in [-0.39, 0.29) is 37.6 Å². The second-order valence-electron chi connectivity index (χ2n) is 8.40. The lowest BCUT2D eigenvalue weighted by Gasteiger charge is -2.33. The van der Waals surface area contributed by atoms with E-state index >= 15 is 0 Å². The third kappa shape index (κ3) is 3.87. The number of carbonyl (C=O) groups excluding carboxylic acids is 3. The molecule has 3 aliphatic rings. The predicted octanol–water partition coefficient (Wildman–Crippen LogP) is 3.43. The number of anilines is 2. The number of cyclic esters (lactones) is 1. The van der Waals surface area contributed by atoms with Crippen LogP contribution in [0.5, 0.6) is 5.75 Å². The van der Waals surface area contributed by atoms with Crippen LogP contribution in [0.15, 0.2) is 42.5 Å². The average Bonchev–Trinajstić information content (AvgIpc) is 3.45. The molecule has 4 heterocycles. The second-order valence-corrected chi connectivity index (χ2v) is 9.86. The summed E-state index contributed by atoms with van der Waals surface area (Å²) in [6.07, 6.45) is -1.07. The molecule has 2 atom stereocenters. The Morgan fingerprint density at radius 1 is 1.20 bits per heavy atom. The molecule has 180 valence electrons. The van der Waals surface area contributed by atoms with Crippen LogP contribution in [0.1, 0.15) is 9.67 Å². The molecule has 2 saturated heterocycles. The molecule has 0 radical (unpaired) electrons. The normalized spacial score (nSPS) is 21.4. The van der Waals surface area contributed by atoms with Gasteiger partial charge in [0.1, 0.15) is 31.1 Å². The number of fused-ring (bicyclic) bond motifs is 4. The number of ether oxygens (including phenoxy) is 3. The number of hydrogen-bond donors (Lipinski definition) is 1. The lowest BCUT2D eigenvalue weighted by Crippen LogP contribution is -2.48. The van der Waals surface area contributed by atoms with Gasteiger partial charge in [-0.2, -0.15) is 0 Å². The molecule has 0 saturated carbocycles. The number of halogens is 1. The van der Waals surface area contributed by atoms with E-state index in [0.29, 0.717) is 40.2 Å². The number of benzene rings is 2. The maximum Gasteiger partial charge on any atom is 0.415 e. The fourth-order valence-electron chi connectivity index (χ4n) is 4.57. The first kappa shape index (κ1) is 22.1. The Bertz CT molecular complexity index is 1360. The number of nitrogens with one attached hydrogen (secondary N) is 1. The third-order valence-electron chi connectivity index (χ3n) is 6.30. The fraction of sp³-hybridized carbons (Fsp3) is 0.292. The highest BCUT2D eigenvalue weighted by atomic mass is 35.5. The summed E-state index contributed by atoms with van der Waals surface area (Å²) >= 11 is 7.55. The molecule has 9 nitrogen and oxygen atoms in total. The number of nitrogens with zero attached hydrogens (tertiary/aromatic N) is 2. The molecule has 3 aromatic rings. The average molecular weight is 514 g/mol. The van der Waals surface area contributed by atoms with E-state index < -0.39 is 12.2 Å². The van der Waals surface area contributed by atoms with Gasteiger partial charge in [0.05, 0.1) is 33.4 Å². The number of hydrogen-bond acceptors (Lipinski definition) is 7. The zero-order chi connectivity index (χ0) is 24.1. The Kier molecular flexibility index (Phi) is 5.51. The fourth-order valence-corrected chi connectivity index (χ4v) is 5.85. The van der Waals surface area contributed by atoms with E-state index in [4.69, 9.17) is 25.8 Å². The minimum Gasteiger partial charge on any atom is -0.489 e. The maximum absolute atomic E-state index is 12.8. The Labute approximate surface area is 209 Å². The van der Waals surface area contributed by atoms with Crippen LogP contribution in [-0.2, 0) is 14.3 Å². The van der Waals surface area contributed by atoms with Crippen molar-refractivity contribution in [2.75, 3.05) is 42.7 Å². The highest BCUT2D eigenvalue weighted by Crippen LogP contribution is 2.41. The van der Waals surface area contributed by atoms with Crippen molar-refractivity contribution in [2.45, 2.75) is 12.1 Å². The summed E-state index contributed by atoms with van der Waals surface area (Å²) in [5.74, 6) is 0.123. The number of rotatable bonds is 4. The molecule has 11 heteroatoms. The quantitative estimate of drug-likeness (QED) is 0.574. The third-order valence-corrected chi connectivity index (χ3v) is 7.91. The summed E-state index contributed by atoms with van der Waals surface area (Å²) in [6, 6.07) is 12.2. The van der Waals surface area contributed by atoms with Crippen LogP contribution in [0.25, 0.3) is 10.1 Å². The first-order valence-corrected chi connectivity index (χ1v) is 12.3. The Balaban J connectivity index is 1.16. The summed E-state index contributed by atoms with van der Waals surface area (Å²) in [7, 11) is 0. The molecule has 35 heavy (non-hydrogen) atoms. The Hall–Kier alpha value is -3.34. The summed E-state index contributed by atoms with van der Waals surface area (Å²) in [4.78, 5) is 41.4. The molecule has 6 rings (SSSR count). The monoisotopic (exact) mass is 513 g/mol.